The topological polar surface area (TPSA) is 99.8 Å². The zero-order valence-corrected chi connectivity index (χ0v) is 13.2. The van der Waals surface area contributed by atoms with Gasteiger partial charge in [-0.1, -0.05) is 26.0 Å². The van der Waals surface area contributed by atoms with E-state index in [1.807, 2.05) is 19.9 Å². The van der Waals surface area contributed by atoms with E-state index in [2.05, 4.69) is 4.98 Å². The van der Waals surface area contributed by atoms with Gasteiger partial charge in [-0.05, 0) is 30.4 Å². The monoisotopic (exact) mass is 311 g/mol. The van der Waals surface area contributed by atoms with Gasteiger partial charge in [-0.25, -0.2) is 0 Å². The number of aromatic nitrogens is 1. The Hall–Kier alpha value is -2.94. The Labute approximate surface area is 133 Å². The second kappa shape index (κ2) is 6.44. The minimum Gasteiger partial charge on any atom is -0.325 e. The molecule has 2 aromatic rings. The van der Waals surface area contributed by atoms with Crippen molar-refractivity contribution in [2.75, 3.05) is 0 Å². The van der Waals surface area contributed by atoms with Crippen molar-refractivity contribution in [2.45, 2.75) is 27.2 Å². The van der Waals surface area contributed by atoms with Crippen LogP contribution < -0.4 is 5.56 Å². The number of benzene rings is 1. The maximum atomic E-state index is 12.1. The first-order valence-electron chi connectivity index (χ1n) is 7.25. The van der Waals surface area contributed by atoms with Crippen LogP contribution in [0.4, 0.5) is 5.69 Å². The second-order valence-corrected chi connectivity index (χ2v) is 5.82. The largest absolute Gasteiger partial charge is 0.325 e. The molecule has 1 aromatic carbocycles. The average molecular weight is 311 g/mol. The van der Waals surface area contributed by atoms with Crippen molar-refractivity contribution >= 4 is 5.69 Å². The smallest absolute Gasteiger partial charge is 0.270 e. The summed E-state index contributed by atoms with van der Waals surface area (Å²) in [4.78, 5) is 25.3. The molecule has 23 heavy (non-hydrogen) atoms. The first-order valence-corrected chi connectivity index (χ1v) is 7.25. The highest BCUT2D eigenvalue weighted by Crippen LogP contribution is 2.31. The van der Waals surface area contributed by atoms with Crippen LogP contribution in [0.3, 0.4) is 0 Å². The Bertz CT molecular complexity index is 860. The summed E-state index contributed by atoms with van der Waals surface area (Å²) in [6.45, 7) is 5.85. The molecule has 0 amide bonds. The summed E-state index contributed by atoms with van der Waals surface area (Å²) in [6, 6.07) is 7.97. The molecule has 0 fully saturated rings. The molecule has 0 spiro atoms. The highest BCUT2D eigenvalue weighted by molar-refractivity contribution is 5.75. The van der Waals surface area contributed by atoms with E-state index >= 15 is 0 Å². The Kier molecular flexibility index (Phi) is 4.60. The fraction of sp³-hybridized carbons (Fsp3) is 0.294. The van der Waals surface area contributed by atoms with Gasteiger partial charge in [0, 0.05) is 23.4 Å². The molecule has 0 bridgehead atoms. The van der Waals surface area contributed by atoms with Crippen LogP contribution in [0, 0.1) is 34.3 Å². The van der Waals surface area contributed by atoms with Crippen LogP contribution >= 0.6 is 0 Å². The molecular weight excluding hydrogens is 294 g/mol. The van der Waals surface area contributed by atoms with Crippen LogP contribution in [0.15, 0.2) is 29.1 Å². The van der Waals surface area contributed by atoms with E-state index in [4.69, 9.17) is 0 Å². The summed E-state index contributed by atoms with van der Waals surface area (Å²) in [7, 11) is 0. The summed E-state index contributed by atoms with van der Waals surface area (Å²) in [5, 5.41) is 20.4. The van der Waals surface area contributed by atoms with Gasteiger partial charge in [-0.3, -0.25) is 14.9 Å². The third-order valence-electron chi connectivity index (χ3n) is 3.60. The van der Waals surface area contributed by atoms with Crippen molar-refractivity contribution in [3.63, 3.8) is 0 Å². The highest BCUT2D eigenvalue weighted by Gasteiger charge is 2.19. The minimum atomic E-state index is -0.488. The third kappa shape index (κ3) is 3.29. The molecule has 6 heteroatoms. The lowest BCUT2D eigenvalue weighted by Crippen LogP contribution is -2.17. The lowest BCUT2D eigenvalue weighted by Gasteiger charge is -2.16. The molecule has 0 atom stereocenters. The minimum absolute atomic E-state index is 0.00764. The molecule has 0 saturated carbocycles. The molecule has 2 rings (SSSR count). The maximum Gasteiger partial charge on any atom is 0.270 e. The number of aryl methyl sites for hydroxylation is 1. The number of H-pyrrole nitrogens is 1. The number of nitriles is 1. The standard InChI is InChI=1S/C17H17N3O3/c1-10(2)7-14-11(3)19-17(21)15(9-18)16(14)12-5-4-6-13(8-12)20(22)23/h4-6,8,10H,7H2,1-3H3,(H,19,21). The van der Waals surface area contributed by atoms with Crippen molar-refractivity contribution in [1.82, 2.24) is 4.98 Å². The number of rotatable bonds is 4. The van der Waals surface area contributed by atoms with Gasteiger partial charge in [0.25, 0.3) is 11.2 Å². The van der Waals surface area contributed by atoms with Gasteiger partial charge in [0.05, 0.1) is 4.92 Å². The number of nitrogens with one attached hydrogen (secondary N) is 1. The number of pyridine rings is 1. The zero-order valence-electron chi connectivity index (χ0n) is 13.2. The molecule has 0 radical (unpaired) electrons. The lowest BCUT2D eigenvalue weighted by atomic mass is 9.90. The number of nitro groups is 1. The number of nitro benzene ring substituents is 1. The van der Waals surface area contributed by atoms with Crippen LogP contribution in [-0.4, -0.2) is 9.91 Å². The summed E-state index contributed by atoms with van der Waals surface area (Å²) in [5.41, 5.74) is 1.98. The first kappa shape index (κ1) is 16.4. The summed E-state index contributed by atoms with van der Waals surface area (Å²) >= 11 is 0. The molecule has 0 aliphatic rings. The summed E-state index contributed by atoms with van der Waals surface area (Å²) < 4.78 is 0. The van der Waals surface area contributed by atoms with Gasteiger partial charge >= 0.3 is 0 Å². The van der Waals surface area contributed by atoms with Crippen molar-refractivity contribution < 1.29 is 4.92 Å². The quantitative estimate of drug-likeness (QED) is 0.691. The summed E-state index contributed by atoms with van der Waals surface area (Å²) in [5.74, 6) is 0.309. The maximum absolute atomic E-state index is 12.1. The number of aromatic amines is 1. The van der Waals surface area contributed by atoms with E-state index in [0.717, 1.165) is 5.56 Å². The Morgan fingerprint density at radius 1 is 1.39 bits per heavy atom. The molecule has 118 valence electrons. The predicted octanol–water partition coefficient (Wildman–Crippen LogP) is 3.33. The number of nitrogens with zero attached hydrogens (tertiary/aromatic N) is 2. The molecule has 0 aliphatic heterocycles. The molecule has 6 nitrogen and oxygen atoms in total. The average Bonchev–Trinajstić information content (AvgIpc) is 2.49. The van der Waals surface area contributed by atoms with E-state index in [0.29, 0.717) is 29.2 Å². The van der Waals surface area contributed by atoms with Crippen LogP contribution in [0.25, 0.3) is 11.1 Å². The lowest BCUT2D eigenvalue weighted by molar-refractivity contribution is -0.384. The SMILES string of the molecule is Cc1[nH]c(=O)c(C#N)c(-c2cccc([N+](=O)[O-])c2)c1CC(C)C. The van der Waals surface area contributed by atoms with Crippen molar-refractivity contribution in [3.05, 3.63) is 61.6 Å². The van der Waals surface area contributed by atoms with Crippen LogP contribution in [-0.2, 0) is 6.42 Å². The highest BCUT2D eigenvalue weighted by atomic mass is 16.6. The normalized spacial score (nSPS) is 10.6. The van der Waals surface area contributed by atoms with E-state index in [1.54, 1.807) is 19.1 Å². The third-order valence-corrected chi connectivity index (χ3v) is 3.60. The van der Waals surface area contributed by atoms with E-state index in [1.165, 1.54) is 12.1 Å². The Morgan fingerprint density at radius 2 is 2.09 bits per heavy atom. The van der Waals surface area contributed by atoms with Crippen molar-refractivity contribution in [3.8, 4) is 17.2 Å². The predicted molar refractivity (Wildman–Crippen MR) is 87.1 cm³/mol. The fourth-order valence-corrected chi connectivity index (χ4v) is 2.62. The van der Waals surface area contributed by atoms with Crippen LogP contribution in [0.2, 0.25) is 0 Å². The molecule has 1 N–H and O–H groups in total. The van der Waals surface area contributed by atoms with Crippen molar-refractivity contribution in [2.24, 2.45) is 5.92 Å². The van der Waals surface area contributed by atoms with Gasteiger partial charge in [-0.15, -0.1) is 0 Å². The molecule has 0 aliphatic carbocycles. The van der Waals surface area contributed by atoms with Crippen LogP contribution in [0.5, 0.6) is 0 Å². The van der Waals surface area contributed by atoms with E-state index in [9.17, 15) is 20.2 Å². The Balaban J connectivity index is 2.83. The van der Waals surface area contributed by atoms with E-state index < -0.39 is 10.5 Å². The van der Waals surface area contributed by atoms with Gasteiger partial charge in [0.1, 0.15) is 11.6 Å². The summed E-state index contributed by atoms with van der Waals surface area (Å²) in [6.07, 6.45) is 0.662. The van der Waals surface area contributed by atoms with Gasteiger partial charge in [0.15, 0.2) is 0 Å². The Morgan fingerprint density at radius 3 is 2.65 bits per heavy atom. The molecular formula is C17H17N3O3. The second-order valence-electron chi connectivity index (χ2n) is 5.82. The fourth-order valence-electron chi connectivity index (χ4n) is 2.62. The van der Waals surface area contributed by atoms with Gasteiger partial charge in [-0.2, -0.15) is 5.26 Å². The molecule has 1 heterocycles. The van der Waals surface area contributed by atoms with Gasteiger partial charge < -0.3 is 4.98 Å². The molecule has 0 saturated heterocycles. The van der Waals surface area contributed by atoms with Crippen LogP contribution in [0.1, 0.15) is 30.7 Å². The zero-order chi connectivity index (χ0) is 17.1. The number of hydrogen-bond acceptors (Lipinski definition) is 4. The molecule has 0 unspecified atom stereocenters. The number of non-ortho nitro benzene ring substituents is 1. The first-order chi connectivity index (χ1) is 10.8. The molecule has 1 aromatic heterocycles. The van der Waals surface area contributed by atoms with E-state index in [-0.39, 0.29) is 11.3 Å². The van der Waals surface area contributed by atoms with Gasteiger partial charge in [0.2, 0.25) is 0 Å². The number of hydrogen-bond donors (Lipinski definition) is 1. The van der Waals surface area contributed by atoms with Crippen molar-refractivity contribution in [1.29, 1.82) is 5.26 Å².